The number of rotatable bonds is 3. The first-order chi connectivity index (χ1) is 9.77. The van der Waals surface area contributed by atoms with Crippen LogP contribution in [0.4, 0.5) is 5.69 Å². The van der Waals surface area contributed by atoms with E-state index in [4.69, 9.17) is 11.6 Å². The van der Waals surface area contributed by atoms with Crippen molar-refractivity contribution in [3.63, 3.8) is 0 Å². The summed E-state index contributed by atoms with van der Waals surface area (Å²) in [7, 11) is -3.35. The number of anilines is 1. The standard InChI is InChI=1S/C14H11BrClNO3S/c1-21(19,20)11-4-2-3-9(7-11)14(18)17-10-5-6-13(16)12(15)8-10/h2-8H,1H3,(H,17,18). The zero-order valence-electron chi connectivity index (χ0n) is 10.9. The van der Waals surface area contributed by atoms with Crippen molar-refractivity contribution < 1.29 is 13.2 Å². The summed E-state index contributed by atoms with van der Waals surface area (Å²) in [6.45, 7) is 0. The molecule has 0 aromatic heterocycles. The number of hydrogen-bond acceptors (Lipinski definition) is 3. The number of sulfone groups is 1. The number of carbonyl (C=O) groups excluding carboxylic acids is 1. The molecule has 4 nitrogen and oxygen atoms in total. The predicted molar refractivity (Wildman–Crippen MR) is 86.7 cm³/mol. The highest BCUT2D eigenvalue weighted by Gasteiger charge is 2.12. The molecule has 0 unspecified atom stereocenters. The van der Waals surface area contributed by atoms with Gasteiger partial charge in [0.25, 0.3) is 5.91 Å². The first-order valence-electron chi connectivity index (χ1n) is 5.84. The molecule has 0 spiro atoms. The molecular weight excluding hydrogens is 378 g/mol. The second kappa shape index (κ2) is 6.17. The molecule has 0 bridgehead atoms. The van der Waals surface area contributed by atoms with Crippen molar-refractivity contribution in [3.05, 3.63) is 57.5 Å². The molecule has 1 amide bonds. The lowest BCUT2D eigenvalue weighted by molar-refractivity contribution is 0.102. The summed E-state index contributed by atoms with van der Waals surface area (Å²) in [6, 6.07) is 10.8. The Morgan fingerprint density at radius 2 is 1.90 bits per heavy atom. The zero-order valence-corrected chi connectivity index (χ0v) is 14.1. The molecule has 2 aromatic rings. The second-order valence-corrected chi connectivity index (χ2v) is 7.66. The van der Waals surface area contributed by atoms with Gasteiger partial charge in [-0.3, -0.25) is 4.79 Å². The van der Waals surface area contributed by atoms with Gasteiger partial charge < -0.3 is 5.32 Å². The van der Waals surface area contributed by atoms with Crippen LogP contribution in [0.25, 0.3) is 0 Å². The van der Waals surface area contributed by atoms with Crippen LogP contribution in [-0.4, -0.2) is 20.6 Å². The normalized spacial score (nSPS) is 11.2. The molecule has 0 fully saturated rings. The molecule has 0 saturated carbocycles. The number of hydrogen-bond donors (Lipinski definition) is 1. The van der Waals surface area contributed by atoms with Crippen LogP contribution < -0.4 is 5.32 Å². The van der Waals surface area contributed by atoms with Gasteiger partial charge in [-0.15, -0.1) is 0 Å². The van der Waals surface area contributed by atoms with Gasteiger partial charge in [-0.1, -0.05) is 17.7 Å². The quantitative estimate of drug-likeness (QED) is 0.871. The SMILES string of the molecule is CS(=O)(=O)c1cccc(C(=O)Nc2ccc(Cl)c(Br)c2)c1. The van der Waals surface area contributed by atoms with Gasteiger partial charge in [0, 0.05) is 22.0 Å². The summed E-state index contributed by atoms with van der Waals surface area (Å²) < 4.78 is 23.7. The number of carbonyl (C=O) groups is 1. The first-order valence-corrected chi connectivity index (χ1v) is 8.90. The Morgan fingerprint density at radius 1 is 1.19 bits per heavy atom. The van der Waals surface area contributed by atoms with E-state index in [-0.39, 0.29) is 10.5 Å². The first kappa shape index (κ1) is 16.0. The zero-order chi connectivity index (χ0) is 15.6. The maximum atomic E-state index is 12.1. The van der Waals surface area contributed by atoms with Crippen molar-refractivity contribution in [3.8, 4) is 0 Å². The van der Waals surface area contributed by atoms with Crippen molar-refractivity contribution in [1.29, 1.82) is 0 Å². The van der Waals surface area contributed by atoms with Gasteiger partial charge in [-0.25, -0.2) is 8.42 Å². The molecule has 0 saturated heterocycles. The van der Waals surface area contributed by atoms with Crippen molar-refractivity contribution >= 4 is 49.0 Å². The molecule has 110 valence electrons. The minimum Gasteiger partial charge on any atom is -0.322 e. The van der Waals surface area contributed by atoms with Crippen LogP contribution in [0.1, 0.15) is 10.4 Å². The van der Waals surface area contributed by atoms with Gasteiger partial charge in [0.15, 0.2) is 9.84 Å². The number of nitrogens with one attached hydrogen (secondary N) is 1. The van der Waals surface area contributed by atoms with E-state index in [0.29, 0.717) is 15.2 Å². The number of halogens is 2. The van der Waals surface area contributed by atoms with Crippen LogP contribution in [0, 0.1) is 0 Å². The summed E-state index contributed by atoms with van der Waals surface area (Å²) in [4.78, 5) is 12.2. The van der Waals surface area contributed by atoms with E-state index in [1.807, 2.05) is 0 Å². The Labute approximate surface area is 136 Å². The number of amides is 1. The van der Waals surface area contributed by atoms with Gasteiger partial charge in [-0.05, 0) is 52.3 Å². The van der Waals surface area contributed by atoms with Crippen LogP contribution in [0.3, 0.4) is 0 Å². The monoisotopic (exact) mass is 387 g/mol. The van der Waals surface area contributed by atoms with E-state index in [1.54, 1.807) is 24.3 Å². The molecule has 2 aromatic carbocycles. The van der Waals surface area contributed by atoms with Gasteiger partial charge in [0.05, 0.1) is 9.92 Å². The van der Waals surface area contributed by atoms with E-state index >= 15 is 0 Å². The number of benzene rings is 2. The van der Waals surface area contributed by atoms with Gasteiger partial charge in [0.2, 0.25) is 0 Å². The third-order valence-electron chi connectivity index (χ3n) is 2.70. The van der Waals surface area contributed by atoms with E-state index in [1.165, 1.54) is 18.2 Å². The maximum Gasteiger partial charge on any atom is 0.255 e. The highest BCUT2D eigenvalue weighted by atomic mass is 79.9. The van der Waals surface area contributed by atoms with E-state index < -0.39 is 15.7 Å². The Hall–Kier alpha value is -1.37. The van der Waals surface area contributed by atoms with E-state index in [9.17, 15) is 13.2 Å². The fraction of sp³-hybridized carbons (Fsp3) is 0.0714. The average molecular weight is 389 g/mol. The minimum atomic E-state index is -3.35. The molecule has 0 aliphatic heterocycles. The fourth-order valence-electron chi connectivity index (χ4n) is 1.65. The lowest BCUT2D eigenvalue weighted by Gasteiger charge is -2.07. The molecule has 0 heterocycles. The molecule has 2 rings (SSSR count). The Kier molecular flexibility index (Phi) is 4.70. The smallest absolute Gasteiger partial charge is 0.255 e. The van der Waals surface area contributed by atoms with Gasteiger partial charge in [-0.2, -0.15) is 0 Å². The summed E-state index contributed by atoms with van der Waals surface area (Å²) in [5.41, 5.74) is 0.824. The molecule has 0 atom stereocenters. The average Bonchev–Trinajstić information content (AvgIpc) is 2.42. The van der Waals surface area contributed by atoms with Crippen LogP contribution >= 0.6 is 27.5 Å². The molecule has 21 heavy (non-hydrogen) atoms. The summed E-state index contributed by atoms with van der Waals surface area (Å²) in [6.07, 6.45) is 1.10. The Bertz CT molecular complexity index is 806. The maximum absolute atomic E-state index is 12.1. The summed E-state index contributed by atoms with van der Waals surface area (Å²) in [5.74, 6) is -0.394. The fourth-order valence-corrected chi connectivity index (χ4v) is 2.81. The third-order valence-corrected chi connectivity index (χ3v) is 5.03. The largest absolute Gasteiger partial charge is 0.322 e. The van der Waals surface area contributed by atoms with Crippen molar-refractivity contribution in [2.24, 2.45) is 0 Å². The minimum absolute atomic E-state index is 0.104. The Morgan fingerprint density at radius 3 is 2.52 bits per heavy atom. The molecule has 0 aliphatic rings. The molecule has 0 aliphatic carbocycles. The molecule has 0 radical (unpaired) electrons. The summed E-state index contributed by atoms with van der Waals surface area (Å²) in [5, 5.41) is 3.22. The second-order valence-electron chi connectivity index (χ2n) is 4.38. The third kappa shape index (κ3) is 4.06. The highest BCUT2D eigenvalue weighted by molar-refractivity contribution is 9.10. The van der Waals surface area contributed by atoms with Crippen LogP contribution in [-0.2, 0) is 9.84 Å². The topological polar surface area (TPSA) is 63.2 Å². The summed E-state index contributed by atoms with van der Waals surface area (Å²) >= 11 is 9.15. The van der Waals surface area contributed by atoms with E-state index in [0.717, 1.165) is 6.26 Å². The van der Waals surface area contributed by atoms with Crippen molar-refractivity contribution in [1.82, 2.24) is 0 Å². The lowest BCUT2D eigenvalue weighted by atomic mass is 10.2. The van der Waals surface area contributed by atoms with E-state index in [2.05, 4.69) is 21.2 Å². The highest BCUT2D eigenvalue weighted by Crippen LogP contribution is 2.25. The van der Waals surface area contributed by atoms with Crippen LogP contribution in [0.15, 0.2) is 51.8 Å². The van der Waals surface area contributed by atoms with Gasteiger partial charge >= 0.3 is 0 Å². The van der Waals surface area contributed by atoms with Crippen LogP contribution in [0.2, 0.25) is 5.02 Å². The van der Waals surface area contributed by atoms with Crippen molar-refractivity contribution in [2.75, 3.05) is 11.6 Å². The van der Waals surface area contributed by atoms with Crippen LogP contribution in [0.5, 0.6) is 0 Å². The molecular formula is C14H11BrClNO3S. The van der Waals surface area contributed by atoms with Gasteiger partial charge in [0.1, 0.15) is 0 Å². The molecule has 1 N–H and O–H groups in total. The predicted octanol–water partition coefficient (Wildman–Crippen LogP) is 3.76. The Balaban J connectivity index is 2.26. The van der Waals surface area contributed by atoms with Crippen molar-refractivity contribution in [2.45, 2.75) is 4.90 Å². The lowest BCUT2D eigenvalue weighted by Crippen LogP contribution is -2.12. The molecule has 7 heteroatoms.